The fourth-order valence-electron chi connectivity index (χ4n) is 2.90. The van der Waals surface area contributed by atoms with Crippen LogP contribution in [-0.4, -0.2) is 23.2 Å². The predicted molar refractivity (Wildman–Crippen MR) is 84.2 cm³/mol. The van der Waals surface area contributed by atoms with E-state index in [4.69, 9.17) is 0 Å². The number of nitrogens with zero attached hydrogens (tertiary/aromatic N) is 2. The van der Waals surface area contributed by atoms with Gasteiger partial charge in [-0.1, -0.05) is 13.8 Å². The molecule has 4 nitrogen and oxygen atoms in total. The maximum absolute atomic E-state index is 9.65. The number of nitrogens with one attached hydrogen (secondary N) is 1. The molecule has 4 heteroatoms. The Morgan fingerprint density at radius 3 is 2.67 bits per heavy atom. The lowest BCUT2D eigenvalue weighted by molar-refractivity contribution is 0.127. The van der Waals surface area contributed by atoms with Gasteiger partial charge in [0.15, 0.2) is 0 Å². The molecule has 0 saturated carbocycles. The van der Waals surface area contributed by atoms with Crippen LogP contribution in [-0.2, 0) is 12.8 Å². The van der Waals surface area contributed by atoms with Crippen molar-refractivity contribution in [1.82, 2.24) is 4.98 Å². The molecule has 0 amide bonds. The van der Waals surface area contributed by atoms with Crippen molar-refractivity contribution in [2.24, 2.45) is 5.41 Å². The minimum atomic E-state index is -0.135. The van der Waals surface area contributed by atoms with E-state index in [9.17, 15) is 10.4 Å². The molecule has 114 valence electrons. The molecule has 2 rings (SSSR count). The highest BCUT2D eigenvalue weighted by Gasteiger charge is 2.26. The van der Waals surface area contributed by atoms with Gasteiger partial charge in [-0.15, -0.1) is 0 Å². The van der Waals surface area contributed by atoms with Crippen LogP contribution in [0, 0.1) is 16.7 Å². The highest BCUT2D eigenvalue weighted by atomic mass is 16.3. The molecule has 1 aliphatic rings. The lowest BCUT2D eigenvalue weighted by Crippen LogP contribution is -2.32. The van der Waals surface area contributed by atoms with Gasteiger partial charge in [-0.2, -0.15) is 5.26 Å². The summed E-state index contributed by atoms with van der Waals surface area (Å²) < 4.78 is 0. The number of aryl methyl sites for hydroxylation is 2. The molecule has 0 saturated heterocycles. The van der Waals surface area contributed by atoms with E-state index < -0.39 is 0 Å². The number of aromatic nitrogens is 1. The first-order chi connectivity index (χ1) is 10.2. The zero-order chi connectivity index (χ0) is 15.3. The first kappa shape index (κ1) is 15.8. The number of anilines is 1. The van der Waals surface area contributed by atoms with Crippen LogP contribution in [0.3, 0.4) is 0 Å². The van der Waals surface area contributed by atoms with Crippen molar-refractivity contribution in [3.63, 3.8) is 0 Å². The molecule has 1 heterocycles. The lowest BCUT2D eigenvalue weighted by atomic mass is 9.83. The van der Waals surface area contributed by atoms with Crippen LogP contribution in [0.1, 0.15) is 56.4 Å². The quantitative estimate of drug-likeness (QED) is 0.843. The Bertz CT molecular complexity index is 521. The van der Waals surface area contributed by atoms with E-state index in [-0.39, 0.29) is 12.0 Å². The highest BCUT2D eigenvalue weighted by molar-refractivity contribution is 5.54. The molecule has 0 bridgehead atoms. The number of pyridine rings is 1. The summed E-state index contributed by atoms with van der Waals surface area (Å²) in [4.78, 5) is 4.67. The topological polar surface area (TPSA) is 68.9 Å². The van der Waals surface area contributed by atoms with E-state index in [1.807, 2.05) is 6.07 Å². The number of nitriles is 1. The molecular formula is C17H25N3O. The third-order valence-corrected chi connectivity index (χ3v) is 4.89. The Hall–Kier alpha value is -1.60. The van der Waals surface area contributed by atoms with Crippen molar-refractivity contribution in [1.29, 1.82) is 5.26 Å². The summed E-state index contributed by atoms with van der Waals surface area (Å²) >= 11 is 0. The Morgan fingerprint density at radius 2 is 2.05 bits per heavy atom. The Labute approximate surface area is 127 Å². The van der Waals surface area contributed by atoms with Crippen molar-refractivity contribution >= 4 is 5.82 Å². The largest absolute Gasteiger partial charge is 0.396 e. The maximum Gasteiger partial charge on any atom is 0.144 e. The monoisotopic (exact) mass is 287 g/mol. The maximum atomic E-state index is 9.65. The number of hydrogen-bond donors (Lipinski definition) is 2. The third-order valence-electron chi connectivity index (χ3n) is 4.89. The van der Waals surface area contributed by atoms with Gasteiger partial charge in [0.05, 0.1) is 12.2 Å². The average molecular weight is 287 g/mol. The number of aliphatic hydroxyl groups excluding tert-OH is 1. The smallest absolute Gasteiger partial charge is 0.144 e. The third kappa shape index (κ3) is 3.36. The van der Waals surface area contributed by atoms with Crippen LogP contribution in [0.2, 0.25) is 0 Å². The number of fused-ring (bicyclic) bond motifs is 1. The summed E-state index contributed by atoms with van der Waals surface area (Å²) in [6.45, 7) is 4.98. The highest BCUT2D eigenvalue weighted by Crippen LogP contribution is 2.28. The van der Waals surface area contributed by atoms with E-state index in [0.717, 1.165) is 31.4 Å². The molecule has 0 fully saturated rings. The van der Waals surface area contributed by atoms with Crippen LogP contribution in [0.25, 0.3) is 0 Å². The fraction of sp³-hybridized carbons (Fsp3) is 0.647. The first-order valence-corrected chi connectivity index (χ1v) is 7.95. The van der Waals surface area contributed by atoms with Gasteiger partial charge >= 0.3 is 0 Å². The summed E-state index contributed by atoms with van der Waals surface area (Å²) in [5.74, 6) is 0.679. The second-order valence-electron chi connectivity index (χ2n) is 6.03. The SMILES string of the molecule is CCC(CC)(CO)CNc1nc2c(cc1C#N)CCCC2. The number of aliphatic hydroxyl groups is 1. The lowest BCUT2D eigenvalue weighted by Gasteiger charge is -2.30. The molecule has 0 aromatic carbocycles. The van der Waals surface area contributed by atoms with Crippen LogP contribution < -0.4 is 5.32 Å². The summed E-state index contributed by atoms with van der Waals surface area (Å²) in [7, 11) is 0. The van der Waals surface area contributed by atoms with Gasteiger partial charge in [0.1, 0.15) is 11.9 Å². The second-order valence-corrected chi connectivity index (χ2v) is 6.03. The van der Waals surface area contributed by atoms with Crippen LogP contribution in [0.15, 0.2) is 6.07 Å². The predicted octanol–water partition coefficient (Wildman–Crippen LogP) is 3.04. The second kappa shape index (κ2) is 6.91. The van der Waals surface area contributed by atoms with Gasteiger partial charge < -0.3 is 10.4 Å². The molecule has 1 aromatic heterocycles. The Balaban J connectivity index is 2.21. The average Bonchev–Trinajstić information content (AvgIpc) is 2.55. The Morgan fingerprint density at radius 1 is 1.33 bits per heavy atom. The van der Waals surface area contributed by atoms with Crippen molar-refractivity contribution in [2.45, 2.75) is 52.4 Å². The van der Waals surface area contributed by atoms with Crippen LogP contribution in [0.5, 0.6) is 0 Å². The van der Waals surface area contributed by atoms with Gasteiger partial charge in [0.2, 0.25) is 0 Å². The molecule has 0 atom stereocenters. The van der Waals surface area contributed by atoms with Gasteiger partial charge in [-0.25, -0.2) is 4.98 Å². The van der Waals surface area contributed by atoms with E-state index in [1.165, 1.54) is 18.4 Å². The summed E-state index contributed by atoms with van der Waals surface area (Å²) in [5, 5.41) is 22.3. The standard InChI is InChI=1S/C17H25N3O/c1-3-17(4-2,12-21)11-19-16-14(10-18)9-13-7-5-6-8-15(13)20-16/h9,21H,3-8,11-12H2,1-2H3,(H,19,20). The van der Waals surface area contributed by atoms with Gasteiger partial charge in [-0.3, -0.25) is 0 Å². The van der Waals surface area contributed by atoms with E-state index in [1.54, 1.807) is 0 Å². The minimum absolute atomic E-state index is 0.135. The number of hydrogen-bond acceptors (Lipinski definition) is 4. The van der Waals surface area contributed by atoms with E-state index in [2.05, 4.69) is 30.2 Å². The van der Waals surface area contributed by atoms with Crippen LogP contribution in [0.4, 0.5) is 5.82 Å². The Kier molecular flexibility index (Phi) is 5.19. The van der Waals surface area contributed by atoms with Crippen molar-refractivity contribution in [3.8, 4) is 6.07 Å². The zero-order valence-corrected chi connectivity index (χ0v) is 13.1. The number of rotatable bonds is 6. The molecule has 21 heavy (non-hydrogen) atoms. The van der Waals surface area contributed by atoms with Gasteiger partial charge in [-0.05, 0) is 50.2 Å². The molecular weight excluding hydrogens is 262 g/mol. The normalized spacial score (nSPS) is 14.4. The van der Waals surface area contributed by atoms with Gasteiger partial charge in [0, 0.05) is 17.7 Å². The molecule has 0 aliphatic heterocycles. The molecule has 0 radical (unpaired) electrons. The molecule has 0 spiro atoms. The van der Waals surface area contributed by atoms with E-state index >= 15 is 0 Å². The van der Waals surface area contributed by atoms with Crippen molar-refractivity contribution in [2.75, 3.05) is 18.5 Å². The summed E-state index contributed by atoms with van der Waals surface area (Å²) in [6.07, 6.45) is 6.20. The first-order valence-electron chi connectivity index (χ1n) is 7.95. The van der Waals surface area contributed by atoms with Crippen LogP contribution >= 0.6 is 0 Å². The zero-order valence-electron chi connectivity index (χ0n) is 13.1. The summed E-state index contributed by atoms with van der Waals surface area (Å²) in [6, 6.07) is 4.24. The molecule has 0 unspecified atom stereocenters. The minimum Gasteiger partial charge on any atom is -0.396 e. The molecule has 1 aliphatic carbocycles. The van der Waals surface area contributed by atoms with E-state index in [0.29, 0.717) is 17.9 Å². The summed E-state index contributed by atoms with van der Waals surface area (Å²) in [5.41, 5.74) is 2.84. The molecule has 1 aromatic rings. The molecule has 2 N–H and O–H groups in total. The van der Waals surface area contributed by atoms with Crippen molar-refractivity contribution < 1.29 is 5.11 Å². The van der Waals surface area contributed by atoms with Crippen molar-refractivity contribution in [3.05, 3.63) is 22.9 Å². The fourth-order valence-corrected chi connectivity index (χ4v) is 2.90. The van der Waals surface area contributed by atoms with Gasteiger partial charge in [0.25, 0.3) is 0 Å².